The fourth-order valence-corrected chi connectivity index (χ4v) is 0.917. The first-order valence-electron chi connectivity index (χ1n) is 2.58. The molecular weight excluding hydrogens is 190 g/mol. The van der Waals surface area contributed by atoms with Crippen LogP contribution in [0, 0.1) is 0 Å². The fraction of sp³-hybridized carbons (Fsp3) is 0. The Labute approximate surface area is 66.3 Å². The maximum Gasteiger partial charge on any atom is 0.345 e. The van der Waals surface area contributed by atoms with Gasteiger partial charge in [0.2, 0.25) is 0 Å². The third-order valence-corrected chi connectivity index (χ3v) is 1.59. The Bertz CT molecular complexity index is 445. The molecule has 0 radical (unpaired) electrons. The standard InChI is InChI=1S/C3H3N3O5S/c7-1-4-2(8)6(12(10)11)3(9)5-1/h(H,10,11)(H2,4,5,7,8,9)/p-1. The highest BCUT2D eigenvalue weighted by Gasteiger charge is 2.01. The van der Waals surface area contributed by atoms with E-state index in [0.29, 0.717) is 0 Å². The second kappa shape index (κ2) is 2.87. The van der Waals surface area contributed by atoms with E-state index in [4.69, 9.17) is 0 Å². The van der Waals surface area contributed by atoms with Crippen LogP contribution < -0.4 is 17.1 Å². The lowest BCUT2D eigenvalue weighted by atomic mass is 11.0. The lowest BCUT2D eigenvalue weighted by molar-refractivity contribution is 0.520. The topological polar surface area (TPSA) is 128 Å². The molecule has 1 unspecified atom stereocenters. The Morgan fingerprint density at radius 3 is 1.92 bits per heavy atom. The molecule has 1 aromatic heterocycles. The molecule has 66 valence electrons. The summed E-state index contributed by atoms with van der Waals surface area (Å²) in [6.45, 7) is 0. The molecule has 0 aliphatic heterocycles. The summed E-state index contributed by atoms with van der Waals surface area (Å²) in [7, 11) is 0. The van der Waals surface area contributed by atoms with Gasteiger partial charge in [0.25, 0.3) is 0 Å². The Kier molecular flexibility index (Phi) is 2.06. The van der Waals surface area contributed by atoms with Crippen molar-refractivity contribution in [2.45, 2.75) is 0 Å². The van der Waals surface area contributed by atoms with Crippen LogP contribution in [0.4, 0.5) is 0 Å². The van der Waals surface area contributed by atoms with Gasteiger partial charge < -0.3 is 4.55 Å². The highest BCUT2D eigenvalue weighted by Crippen LogP contribution is 1.64. The third-order valence-electron chi connectivity index (χ3n) is 0.959. The van der Waals surface area contributed by atoms with E-state index < -0.39 is 28.3 Å². The Morgan fingerprint density at radius 2 is 1.58 bits per heavy atom. The van der Waals surface area contributed by atoms with Crippen LogP contribution >= 0.6 is 0 Å². The molecule has 2 N–H and O–H groups in total. The van der Waals surface area contributed by atoms with Gasteiger partial charge in [0.05, 0.1) is 11.3 Å². The molecule has 12 heavy (non-hydrogen) atoms. The van der Waals surface area contributed by atoms with Crippen LogP contribution in [0.2, 0.25) is 0 Å². The minimum absolute atomic E-state index is 0.151. The van der Waals surface area contributed by atoms with E-state index in [9.17, 15) is 23.1 Å². The van der Waals surface area contributed by atoms with Crippen LogP contribution in [-0.2, 0) is 11.3 Å². The average molecular weight is 192 g/mol. The van der Waals surface area contributed by atoms with E-state index in [0.717, 1.165) is 0 Å². The molecular formula is C3H2N3O5S-. The largest absolute Gasteiger partial charge is 0.755 e. The third kappa shape index (κ3) is 1.40. The molecule has 0 saturated carbocycles. The number of nitrogens with one attached hydrogen (secondary N) is 2. The fourth-order valence-electron chi connectivity index (χ4n) is 0.555. The van der Waals surface area contributed by atoms with Crippen LogP contribution in [-0.4, -0.2) is 22.7 Å². The van der Waals surface area contributed by atoms with Gasteiger partial charge in [-0.15, -0.1) is 0 Å². The first-order chi connectivity index (χ1) is 5.52. The molecule has 1 aromatic rings. The highest BCUT2D eigenvalue weighted by molar-refractivity contribution is 7.77. The van der Waals surface area contributed by atoms with E-state index in [1.807, 2.05) is 0 Å². The van der Waals surface area contributed by atoms with Gasteiger partial charge in [0, 0.05) is 0 Å². The maximum absolute atomic E-state index is 10.6. The van der Waals surface area contributed by atoms with Crippen LogP contribution in [0.25, 0.3) is 0 Å². The van der Waals surface area contributed by atoms with Gasteiger partial charge in [0.15, 0.2) is 0 Å². The van der Waals surface area contributed by atoms with E-state index in [2.05, 4.69) is 0 Å². The van der Waals surface area contributed by atoms with Crippen molar-refractivity contribution < 1.29 is 8.76 Å². The zero-order valence-electron chi connectivity index (χ0n) is 5.40. The SMILES string of the molecule is O=c1[nH]c(=O)n(S(=O)[O-])c(=O)[nH]1. The van der Waals surface area contributed by atoms with Gasteiger partial charge >= 0.3 is 17.1 Å². The Hall–Kier alpha value is -1.48. The molecule has 0 aliphatic rings. The molecule has 0 saturated heterocycles. The van der Waals surface area contributed by atoms with Crippen LogP contribution in [0.15, 0.2) is 14.4 Å². The molecule has 9 heteroatoms. The molecule has 0 aliphatic carbocycles. The van der Waals surface area contributed by atoms with E-state index in [1.54, 1.807) is 9.97 Å². The summed E-state index contributed by atoms with van der Waals surface area (Å²) in [5.41, 5.74) is -3.64. The number of H-pyrrole nitrogens is 2. The summed E-state index contributed by atoms with van der Waals surface area (Å²) >= 11 is -3.02. The van der Waals surface area contributed by atoms with E-state index in [1.165, 1.54) is 0 Å². The molecule has 8 nitrogen and oxygen atoms in total. The number of rotatable bonds is 1. The Balaban J connectivity index is 3.73. The van der Waals surface area contributed by atoms with Gasteiger partial charge in [0.1, 0.15) is 0 Å². The lowest BCUT2D eigenvalue weighted by Crippen LogP contribution is -2.44. The molecule has 1 atom stereocenters. The molecule has 1 heterocycles. The molecule has 0 fully saturated rings. The number of hydrogen-bond donors (Lipinski definition) is 2. The van der Waals surface area contributed by atoms with Crippen LogP contribution in [0.3, 0.4) is 0 Å². The lowest BCUT2D eigenvalue weighted by Gasteiger charge is -2.03. The second-order valence-electron chi connectivity index (χ2n) is 1.70. The Morgan fingerprint density at radius 1 is 1.17 bits per heavy atom. The first kappa shape index (κ1) is 8.62. The normalized spacial score (nSPS) is 12.8. The predicted octanol–water partition coefficient (Wildman–Crippen LogP) is -3.13. The average Bonchev–Trinajstić information content (AvgIpc) is 1.82. The predicted molar refractivity (Wildman–Crippen MR) is 36.3 cm³/mol. The monoisotopic (exact) mass is 192 g/mol. The quantitative estimate of drug-likeness (QED) is 0.454. The van der Waals surface area contributed by atoms with Crippen molar-refractivity contribution in [1.29, 1.82) is 0 Å². The van der Waals surface area contributed by atoms with Crippen molar-refractivity contribution in [3.63, 3.8) is 0 Å². The van der Waals surface area contributed by atoms with Crippen LogP contribution in [0.1, 0.15) is 0 Å². The number of hydrogen-bond acceptors (Lipinski definition) is 5. The second-order valence-corrected chi connectivity index (χ2v) is 2.50. The summed E-state index contributed by atoms with van der Waals surface area (Å²) in [6, 6.07) is 0. The zero-order valence-corrected chi connectivity index (χ0v) is 6.21. The summed E-state index contributed by atoms with van der Waals surface area (Å²) in [6.07, 6.45) is 0. The van der Waals surface area contributed by atoms with Crippen molar-refractivity contribution in [2.75, 3.05) is 0 Å². The zero-order chi connectivity index (χ0) is 9.30. The molecule has 0 spiro atoms. The number of aromatic nitrogens is 3. The molecule has 0 amide bonds. The van der Waals surface area contributed by atoms with Crippen LogP contribution in [0.5, 0.6) is 0 Å². The van der Waals surface area contributed by atoms with Gasteiger partial charge in [-0.25, -0.2) is 14.4 Å². The van der Waals surface area contributed by atoms with E-state index >= 15 is 0 Å². The van der Waals surface area contributed by atoms with Crippen molar-refractivity contribution in [1.82, 2.24) is 13.9 Å². The molecule has 0 bridgehead atoms. The van der Waals surface area contributed by atoms with Gasteiger partial charge in [-0.3, -0.25) is 14.2 Å². The summed E-state index contributed by atoms with van der Waals surface area (Å²) < 4.78 is 20.2. The summed E-state index contributed by atoms with van der Waals surface area (Å²) in [5, 5.41) is 0. The smallest absolute Gasteiger partial charge is 0.345 e. The van der Waals surface area contributed by atoms with Crippen molar-refractivity contribution in [3.8, 4) is 0 Å². The number of aromatic amines is 2. The molecule has 1 rings (SSSR count). The molecule has 0 aromatic carbocycles. The van der Waals surface area contributed by atoms with Gasteiger partial charge in [-0.05, 0) is 0 Å². The summed E-state index contributed by atoms with van der Waals surface area (Å²) in [4.78, 5) is 34.7. The minimum atomic E-state index is -3.02. The summed E-state index contributed by atoms with van der Waals surface area (Å²) in [5.74, 6) is 0. The minimum Gasteiger partial charge on any atom is -0.755 e. The van der Waals surface area contributed by atoms with Crippen molar-refractivity contribution in [2.24, 2.45) is 0 Å². The van der Waals surface area contributed by atoms with Crippen molar-refractivity contribution >= 4 is 11.3 Å². The van der Waals surface area contributed by atoms with E-state index in [-0.39, 0.29) is 3.97 Å². The highest BCUT2D eigenvalue weighted by atomic mass is 32.2. The van der Waals surface area contributed by atoms with Crippen molar-refractivity contribution in [3.05, 3.63) is 31.5 Å². The maximum atomic E-state index is 10.6. The van der Waals surface area contributed by atoms with Gasteiger partial charge in [-0.2, -0.15) is 3.97 Å². The number of nitrogens with zero attached hydrogens (tertiary/aromatic N) is 1. The van der Waals surface area contributed by atoms with Gasteiger partial charge in [-0.1, -0.05) is 0 Å². The first-order valence-corrected chi connectivity index (χ1v) is 3.61.